The first-order valence-corrected chi connectivity index (χ1v) is 12.6. The quantitative estimate of drug-likeness (QED) is 0.361. The lowest BCUT2D eigenvalue weighted by Crippen LogP contribution is -2.46. The summed E-state index contributed by atoms with van der Waals surface area (Å²) in [5, 5.41) is 3.70. The normalized spacial score (nSPS) is 21.5. The number of benzene rings is 1. The number of aromatic nitrogens is 3. The van der Waals surface area contributed by atoms with Gasteiger partial charge in [0, 0.05) is 25.2 Å². The topological polar surface area (TPSA) is 86.2 Å². The minimum Gasteiger partial charge on any atom is -0.469 e. The highest BCUT2D eigenvalue weighted by molar-refractivity contribution is 7.15. The van der Waals surface area contributed by atoms with Gasteiger partial charge in [-0.3, -0.25) is 4.79 Å². The van der Waals surface area contributed by atoms with Crippen molar-refractivity contribution in [3.05, 3.63) is 52.9 Å². The Hall–Kier alpha value is -3.05. The van der Waals surface area contributed by atoms with E-state index >= 15 is 0 Å². The average Bonchev–Trinajstić information content (AvgIpc) is 3.33. The molecule has 0 aliphatic heterocycles. The van der Waals surface area contributed by atoms with Crippen LogP contribution >= 0.6 is 11.3 Å². The van der Waals surface area contributed by atoms with Crippen LogP contribution < -0.4 is 5.32 Å². The van der Waals surface area contributed by atoms with Crippen LogP contribution in [0.15, 0.2) is 36.7 Å². The van der Waals surface area contributed by atoms with Crippen molar-refractivity contribution in [1.82, 2.24) is 15.0 Å². The Labute approximate surface area is 217 Å². The van der Waals surface area contributed by atoms with Crippen LogP contribution in [0.2, 0.25) is 0 Å². The van der Waals surface area contributed by atoms with Gasteiger partial charge in [0.1, 0.15) is 16.3 Å². The van der Waals surface area contributed by atoms with Crippen LogP contribution in [0.4, 0.5) is 24.8 Å². The molecule has 198 valence electrons. The molecule has 3 aromatic rings. The summed E-state index contributed by atoms with van der Waals surface area (Å²) in [6.07, 6.45) is 0.157. The van der Waals surface area contributed by atoms with Crippen LogP contribution in [-0.2, 0) is 26.0 Å². The fourth-order valence-electron chi connectivity index (χ4n) is 5.06. The van der Waals surface area contributed by atoms with Gasteiger partial charge in [-0.15, -0.1) is 11.3 Å². The molecular weight excluding hydrogens is 505 g/mol. The molecule has 1 aliphatic rings. The van der Waals surface area contributed by atoms with Crippen LogP contribution in [-0.4, -0.2) is 35.1 Å². The molecule has 2 atom stereocenters. The third kappa shape index (κ3) is 5.62. The zero-order chi connectivity index (χ0) is 27.0. The van der Waals surface area contributed by atoms with Crippen LogP contribution in [0, 0.1) is 18.3 Å². The molecule has 2 aromatic heterocycles. The zero-order valence-corrected chi connectivity index (χ0v) is 22.1. The summed E-state index contributed by atoms with van der Waals surface area (Å²) in [4.78, 5) is 25.4. The number of ether oxygens (including phenoxy) is 2. The van der Waals surface area contributed by atoms with Gasteiger partial charge in [-0.05, 0) is 60.9 Å². The second kappa shape index (κ2) is 10.0. The highest BCUT2D eigenvalue weighted by Crippen LogP contribution is 2.52. The fraction of sp³-hybridized carbons (Fsp3) is 0.462. The number of hydrogen-bond donors (Lipinski definition) is 1. The molecular formula is C26H29F3N4O3S. The van der Waals surface area contributed by atoms with E-state index in [4.69, 9.17) is 14.5 Å². The number of nitrogens with one attached hydrogen (secondary N) is 1. The van der Waals surface area contributed by atoms with Crippen LogP contribution in [0.3, 0.4) is 0 Å². The number of carbonyl (C=O) groups excluding carboxylic acids is 1. The summed E-state index contributed by atoms with van der Waals surface area (Å²) < 4.78 is 50.2. The van der Waals surface area contributed by atoms with Crippen LogP contribution in [0.5, 0.6) is 0 Å². The van der Waals surface area contributed by atoms with E-state index < -0.39 is 17.5 Å². The maximum Gasteiger partial charge on any atom is 0.433 e. The first kappa shape index (κ1) is 27.0. The molecule has 0 spiro atoms. The second-order valence-corrected chi connectivity index (χ2v) is 11.0. The van der Waals surface area contributed by atoms with E-state index in [1.54, 1.807) is 13.3 Å². The summed E-state index contributed by atoms with van der Waals surface area (Å²) in [7, 11) is 3.08. The van der Waals surface area contributed by atoms with Crippen molar-refractivity contribution in [1.29, 1.82) is 0 Å². The molecule has 1 aromatic carbocycles. The number of aryl methyl sites for hydroxylation is 1. The molecule has 0 unspecified atom stereocenters. The minimum absolute atomic E-state index is 0.140. The van der Waals surface area contributed by atoms with E-state index in [0.717, 1.165) is 33.3 Å². The number of carbonyl (C=O) groups is 1. The van der Waals surface area contributed by atoms with E-state index in [-0.39, 0.29) is 23.3 Å². The summed E-state index contributed by atoms with van der Waals surface area (Å²) in [6, 6.07) is 6.44. The fourth-order valence-corrected chi connectivity index (χ4v) is 6.16. The van der Waals surface area contributed by atoms with Crippen molar-refractivity contribution < 1.29 is 27.4 Å². The Kier molecular flexibility index (Phi) is 7.31. The lowest BCUT2D eigenvalue weighted by molar-refractivity contribution is -0.160. The van der Waals surface area contributed by atoms with Gasteiger partial charge < -0.3 is 14.8 Å². The maximum absolute atomic E-state index is 13.0. The summed E-state index contributed by atoms with van der Waals surface area (Å²) in [5.41, 5.74) is 0.326. The van der Waals surface area contributed by atoms with E-state index in [9.17, 15) is 18.0 Å². The Bertz CT molecular complexity index is 1290. The van der Waals surface area contributed by atoms with Gasteiger partial charge in [-0.25, -0.2) is 15.0 Å². The SMILES string of the molecule is COC(=O)[C@H]1CC[C@](OC)(c2ncc(-c3cc(C)cc(Nc4nccc(C(F)(F)F)n4)c3)s2)CC1(C)C. The third-order valence-electron chi connectivity index (χ3n) is 6.86. The monoisotopic (exact) mass is 534 g/mol. The van der Waals surface area contributed by atoms with Crippen LogP contribution in [0.25, 0.3) is 10.4 Å². The lowest BCUT2D eigenvalue weighted by atomic mass is 9.63. The van der Waals surface area contributed by atoms with Crippen molar-refractivity contribution in [2.24, 2.45) is 11.3 Å². The number of rotatable bonds is 6. The first-order chi connectivity index (χ1) is 17.4. The number of alkyl halides is 3. The summed E-state index contributed by atoms with van der Waals surface area (Å²) in [5.74, 6) is -0.568. The molecule has 11 heteroatoms. The van der Waals surface area contributed by atoms with Crippen LogP contribution in [0.1, 0.15) is 49.4 Å². The molecule has 0 saturated heterocycles. The molecule has 1 fully saturated rings. The average molecular weight is 535 g/mol. The first-order valence-electron chi connectivity index (χ1n) is 11.8. The van der Waals surface area contributed by atoms with E-state index in [2.05, 4.69) is 15.3 Å². The highest BCUT2D eigenvalue weighted by atomic mass is 32.1. The molecule has 2 heterocycles. The number of halogens is 3. The highest BCUT2D eigenvalue weighted by Gasteiger charge is 2.50. The van der Waals surface area contributed by atoms with Gasteiger partial charge in [-0.2, -0.15) is 13.2 Å². The van der Waals surface area contributed by atoms with Crippen molar-refractivity contribution in [2.45, 2.75) is 51.8 Å². The summed E-state index contributed by atoms with van der Waals surface area (Å²) in [6.45, 7) is 5.99. The number of anilines is 2. The lowest BCUT2D eigenvalue weighted by Gasteiger charge is -2.46. The third-order valence-corrected chi connectivity index (χ3v) is 8.09. The molecule has 1 aliphatic carbocycles. The predicted octanol–water partition coefficient (Wildman–Crippen LogP) is 6.51. The number of methoxy groups -OCH3 is 2. The predicted molar refractivity (Wildman–Crippen MR) is 134 cm³/mol. The zero-order valence-electron chi connectivity index (χ0n) is 21.3. The van der Waals surface area contributed by atoms with Gasteiger partial charge in [0.15, 0.2) is 0 Å². The van der Waals surface area contributed by atoms with E-state index in [0.29, 0.717) is 24.9 Å². The number of nitrogens with zero attached hydrogens (tertiary/aromatic N) is 3. The van der Waals surface area contributed by atoms with Gasteiger partial charge >= 0.3 is 12.1 Å². The molecule has 1 N–H and O–H groups in total. The van der Waals surface area contributed by atoms with Crippen molar-refractivity contribution >= 4 is 28.9 Å². The van der Waals surface area contributed by atoms with Crippen molar-refractivity contribution in [2.75, 3.05) is 19.5 Å². The summed E-state index contributed by atoms with van der Waals surface area (Å²) >= 11 is 1.50. The van der Waals surface area contributed by atoms with Gasteiger partial charge in [-0.1, -0.05) is 19.9 Å². The largest absolute Gasteiger partial charge is 0.469 e. The molecule has 0 amide bonds. The second-order valence-electron chi connectivity index (χ2n) is 9.98. The van der Waals surface area contributed by atoms with E-state index in [1.165, 1.54) is 18.4 Å². The van der Waals surface area contributed by atoms with Gasteiger partial charge in [0.25, 0.3) is 0 Å². The number of hydrogen-bond acceptors (Lipinski definition) is 8. The Morgan fingerprint density at radius 3 is 2.59 bits per heavy atom. The molecule has 37 heavy (non-hydrogen) atoms. The standard InChI is InChI=1S/C26H29F3N4O3S/c1-15-10-16(12-17(11-15)32-23-30-9-7-20(33-23)26(27,28)29)19-13-31-22(37-19)25(36-5)8-6-18(21(34)35-4)24(2,3)14-25/h7,9-13,18H,6,8,14H2,1-5H3,(H,30,32,33)/t18-,25-/m1/s1. The van der Waals surface area contributed by atoms with Gasteiger partial charge in [0.05, 0.1) is 17.9 Å². The molecule has 1 saturated carbocycles. The molecule has 0 bridgehead atoms. The smallest absolute Gasteiger partial charge is 0.433 e. The number of esters is 1. The molecule has 4 rings (SSSR count). The van der Waals surface area contributed by atoms with Crippen molar-refractivity contribution in [3.63, 3.8) is 0 Å². The molecule has 7 nitrogen and oxygen atoms in total. The Morgan fingerprint density at radius 1 is 1.19 bits per heavy atom. The van der Waals surface area contributed by atoms with Gasteiger partial charge in [0.2, 0.25) is 5.95 Å². The Morgan fingerprint density at radius 2 is 1.95 bits per heavy atom. The van der Waals surface area contributed by atoms with Crippen molar-refractivity contribution in [3.8, 4) is 10.4 Å². The minimum atomic E-state index is -4.56. The Balaban J connectivity index is 1.61. The molecule has 0 radical (unpaired) electrons. The van der Waals surface area contributed by atoms with E-state index in [1.807, 2.05) is 39.0 Å². The maximum atomic E-state index is 13.0. The number of thiazole rings is 1.